The maximum Gasteiger partial charge on any atom is 0.134 e. The van der Waals surface area contributed by atoms with Crippen LogP contribution in [-0.2, 0) is 6.42 Å². The van der Waals surface area contributed by atoms with Gasteiger partial charge in [-0.3, -0.25) is 0 Å². The lowest BCUT2D eigenvalue weighted by atomic mass is 10.1. The SMILES string of the molecule is CCc1nc(NC)c(C)c(NCCCCC(C)C)n1. The van der Waals surface area contributed by atoms with Crippen LogP contribution in [0.15, 0.2) is 0 Å². The van der Waals surface area contributed by atoms with Gasteiger partial charge in [0.05, 0.1) is 0 Å². The summed E-state index contributed by atoms with van der Waals surface area (Å²) in [5.41, 5.74) is 1.10. The van der Waals surface area contributed by atoms with Crippen LogP contribution >= 0.6 is 0 Å². The first-order valence-corrected chi connectivity index (χ1v) is 7.37. The van der Waals surface area contributed by atoms with E-state index in [2.05, 4.69) is 48.3 Å². The zero-order valence-corrected chi connectivity index (χ0v) is 13.0. The van der Waals surface area contributed by atoms with E-state index in [-0.39, 0.29) is 0 Å². The van der Waals surface area contributed by atoms with E-state index in [1.807, 2.05) is 7.05 Å². The van der Waals surface area contributed by atoms with E-state index >= 15 is 0 Å². The fourth-order valence-electron chi connectivity index (χ4n) is 2.02. The lowest BCUT2D eigenvalue weighted by Crippen LogP contribution is -2.10. The second kappa shape index (κ2) is 7.97. The number of aryl methyl sites for hydroxylation is 1. The summed E-state index contributed by atoms with van der Waals surface area (Å²) in [7, 11) is 1.90. The second-order valence-corrected chi connectivity index (χ2v) is 5.38. The molecule has 0 bridgehead atoms. The number of unbranched alkanes of at least 4 members (excludes halogenated alkanes) is 1. The van der Waals surface area contributed by atoms with Crippen molar-refractivity contribution in [1.82, 2.24) is 9.97 Å². The molecule has 0 unspecified atom stereocenters. The quantitative estimate of drug-likeness (QED) is 0.704. The zero-order valence-electron chi connectivity index (χ0n) is 13.0. The maximum absolute atomic E-state index is 4.57. The molecule has 108 valence electrons. The lowest BCUT2D eigenvalue weighted by Gasteiger charge is -2.13. The van der Waals surface area contributed by atoms with Crippen LogP contribution in [0.3, 0.4) is 0 Å². The summed E-state index contributed by atoms with van der Waals surface area (Å²) in [6.07, 6.45) is 4.62. The number of aromatic nitrogens is 2. The third-order valence-electron chi connectivity index (χ3n) is 3.25. The number of anilines is 2. The first kappa shape index (κ1) is 15.7. The minimum atomic E-state index is 0.795. The Bertz CT molecular complexity index is 388. The smallest absolute Gasteiger partial charge is 0.134 e. The standard InChI is InChI=1S/C15H28N4/c1-6-13-18-14(16-5)12(4)15(19-13)17-10-8-7-9-11(2)3/h11H,6-10H2,1-5H3,(H2,16,17,18,19). The van der Waals surface area contributed by atoms with Gasteiger partial charge >= 0.3 is 0 Å². The van der Waals surface area contributed by atoms with Crippen molar-refractivity contribution in [1.29, 1.82) is 0 Å². The molecule has 1 aromatic rings. The average Bonchev–Trinajstić information content (AvgIpc) is 2.39. The van der Waals surface area contributed by atoms with E-state index in [1.54, 1.807) is 0 Å². The third-order valence-corrected chi connectivity index (χ3v) is 3.25. The highest BCUT2D eigenvalue weighted by molar-refractivity contribution is 5.56. The van der Waals surface area contributed by atoms with Crippen LogP contribution < -0.4 is 10.6 Å². The zero-order chi connectivity index (χ0) is 14.3. The summed E-state index contributed by atoms with van der Waals surface area (Å²) in [6, 6.07) is 0. The van der Waals surface area contributed by atoms with Gasteiger partial charge < -0.3 is 10.6 Å². The summed E-state index contributed by atoms with van der Waals surface area (Å²) in [4.78, 5) is 9.05. The van der Waals surface area contributed by atoms with Gasteiger partial charge in [0, 0.05) is 25.6 Å². The number of hydrogen-bond acceptors (Lipinski definition) is 4. The largest absolute Gasteiger partial charge is 0.373 e. The van der Waals surface area contributed by atoms with Crippen molar-refractivity contribution >= 4 is 11.6 Å². The van der Waals surface area contributed by atoms with E-state index in [0.29, 0.717) is 0 Å². The van der Waals surface area contributed by atoms with Crippen LogP contribution in [-0.4, -0.2) is 23.6 Å². The van der Waals surface area contributed by atoms with Crippen molar-refractivity contribution in [2.75, 3.05) is 24.2 Å². The highest BCUT2D eigenvalue weighted by Gasteiger charge is 2.08. The summed E-state index contributed by atoms with van der Waals surface area (Å²) in [6.45, 7) is 9.67. The molecule has 19 heavy (non-hydrogen) atoms. The van der Waals surface area contributed by atoms with E-state index in [1.165, 1.54) is 19.3 Å². The summed E-state index contributed by atoms with van der Waals surface area (Å²) >= 11 is 0. The lowest BCUT2D eigenvalue weighted by molar-refractivity contribution is 0.544. The van der Waals surface area contributed by atoms with Crippen LogP contribution in [0.25, 0.3) is 0 Å². The molecule has 4 heteroatoms. The summed E-state index contributed by atoms with van der Waals surface area (Å²) < 4.78 is 0. The Balaban J connectivity index is 2.57. The second-order valence-electron chi connectivity index (χ2n) is 5.38. The van der Waals surface area contributed by atoms with Gasteiger partial charge in [-0.2, -0.15) is 0 Å². The number of nitrogens with one attached hydrogen (secondary N) is 2. The summed E-state index contributed by atoms with van der Waals surface area (Å²) in [5.74, 6) is 3.58. The van der Waals surface area contributed by atoms with Crippen LogP contribution in [0, 0.1) is 12.8 Å². The maximum atomic E-state index is 4.57. The molecule has 1 rings (SSSR count). The molecule has 4 nitrogen and oxygen atoms in total. The Hall–Kier alpha value is -1.32. The highest BCUT2D eigenvalue weighted by atomic mass is 15.1. The fourth-order valence-corrected chi connectivity index (χ4v) is 2.02. The number of hydrogen-bond donors (Lipinski definition) is 2. The molecular weight excluding hydrogens is 236 g/mol. The van der Waals surface area contributed by atoms with Crippen molar-refractivity contribution in [3.8, 4) is 0 Å². The van der Waals surface area contributed by atoms with E-state index < -0.39 is 0 Å². The molecule has 0 radical (unpaired) electrons. The Kier molecular flexibility index (Phi) is 6.60. The predicted octanol–water partition coefficient (Wildman–Crippen LogP) is 3.63. The van der Waals surface area contributed by atoms with Gasteiger partial charge in [0.25, 0.3) is 0 Å². The average molecular weight is 264 g/mol. The van der Waals surface area contributed by atoms with Crippen LogP contribution in [0.4, 0.5) is 11.6 Å². The van der Waals surface area contributed by atoms with Crippen molar-refractivity contribution in [2.45, 2.75) is 53.4 Å². The van der Waals surface area contributed by atoms with Gasteiger partial charge in [-0.15, -0.1) is 0 Å². The molecule has 0 aromatic carbocycles. The molecule has 0 aliphatic carbocycles. The van der Waals surface area contributed by atoms with Gasteiger partial charge in [0.15, 0.2) is 0 Å². The van der Waals surface area contributed by atoms with Gasteiger partial charge in [-0.05, 0) is 19.3 Å². The summed E-state index contributed by atoms with van der Waals surface area (Å²) in [5, 5.41) is 6.58. The molecule has 2 N–H and O–H groups in total. The molecule has 0 saturated carbocycles. The van der Waals surface area contributed by atoms with Gasteiger partial charge in [-0.1, -0.05) is 33.6 Å². The van der Waals surface area contributed by atoms with Crippen LogP contribution in [0.2, 0.25) is 0 Å². The Morgan fingerprint density at radius 2 is 1.79 bits per heavy atom. The Morgan fingerprint density at radius 1 is 1.11 bits per heavy atom. The molecule has 0 aliphatic heterocycles. The molecule has 0 amide bonds. The van der Waals surface area contributed by atoms with Crippen LogP contribution in [0.1, 0.15) is 51.4 Å². The fraction of sp³-hybridized carbons (Fsp3) is 0.733. The number of nitrogens with zero attached hydrogens (tertiary/aromatic N) is 2. The van der Waals surface area contributed by atoms with Gasteiger partial charge in [0.1, 0.15) is 17.5 Å². The van der Waals surface area contributed by atoms with E-state index in [0.717, 1.165) is 41.9 Å². The molecule has 0 atom stereocenters. The number of rotatable bonds is 8. The third kappa shape index (κ3) is 5.05. The Labute approximate surface area is 117 Å². The molecule has 1 heterocycles. The first-order chi connectivity index (χ1) is 9.08. The van der Waals surface area contributed by atoms with Crippen LogP contribution in [0.5, 0.6) is 0 Å². The van der Waals surface area contributed by atoms with Crippen molar-refractivity contribution < 1.29 is 0 Å². The van der Waals surface area contributed by atoms with Crippen molar-refractivity contribution in [3.05, 3.63) is 11.4 Å². The minimum Gasteiger partial charge on any atom is -0.373 e. The topological polar surface area (TPSA) is 49.8 Å². The molecule has 0 saturated heterocycles. The molecule has 0 fully saturated rings. The first-order valence-electron chi connectivity index (χ1n) is 7.37. The normalized spacial score (nSPS) is 10.8. The van der Waals surface area contributed by atoms with E-state index in [9.17, 15) is 0 Å². The molecule has 0 aliphatic rings. The molecular formula is C15H28N4. The van der Waals surface area contributed by atoms with Crippen molar-refractivity contribution in [2.24, 2.45) is 5.92 Å². The van der Waals surface area contributed by atoms with Gasteiger partial charge in [-0.25, -0.2) is 9.97 Å². The molecule has 1 aromatic heterocycles. The van der Waals surface area contributed by atoms with Gasteiger partial charge in [0.2, 0.25) is 0 Å². The Morgan fingerprint density at radius 3 is 2.37 bits per heavy atom. The highest BCUT2D eigenvalue weighted by Crippen LogP contribution is 2.20. The predicted molar refractivity (Wildman–Crippen MR) is 82.9 cm³/mol. The molecule has 0 spiro atoms. The minimum absolute atomic E-state index is 0.795. The van der Waals surface area contributed by atoms with E-state index in [4.69, 9.17) is 0 Å². The van der Waals surface area contributed by atoms with Crippen molar-refractivity contribution in [3.63, 3.8) is 0 Å². The monoisotopic (exact) mass is 264 g/mol.